The second-order valence-electron chi connectivity index (χ2n) is 9.53. The minimum Gasteiger partial charge on any atom is -0.378 e. The van der Waals surface area contributed by atoms with Crippen LogP contribution in [-0.2, 0) is 10.9 Å². The van der Waals surface area contributed by atoms with Crippen molar-refractivity contribution in [1.82, 2.24) is 9.97 Å². The van der Waals surface area contributed by atoms with Crippen LogP contribution in [0.1, 0.15) is 41.2 Å². The monoisotopic (exact) mass is 542 g/mol. The van der Waals surface area contributed by atoms with Gasteiger partial charge in [0, 0.05) is 36.6 Å². The Kier molecular flexibility index (Phi) is 7.90. The molecule has 4 rings (SSSR count). The van der Waals surface area contributed by atoms with Crippen LogP contribution in [0.25, 0.3) is 11.1 Å². The third kappa shape index (κ3) is 6.90. The molecule has 2 aromatic heterocycles. The summed E-state index contributed by atoms with van der Waals surface area (Å²) in [4.78, 5) is 22.5. The normalized spacial score (nSPS) is 14.0. The molecule has 1 fully saturated rings. The molecular weight excluding hydrogens is 516 g/mol. The first-order chi connectivity index (χ1) is 18.3. The van der Waals surface area contributed by atoms with Crippen LogP contribution in [0, 0.1) is 24.6 Å². The van der Waals surface area contributed by atoms with Crippen LogP contribution in [0.5, 0.6) is 0 Å². The summed E-state index contributed by atoms with van der Waals surface area (Å²) in [5.41, 5.74) is -0.0856. The van der Waals surface area contributed by atoms with Crippen LogP contribution in [-0.4, -0.2) is 52.9 Å². The molecule has 0 radical (unpaired) electrons. The lowest BCUT2D eigenvalue weighted by molar-refractivity contribution is -0.141. The average Bonchev–Trinajstić information content (AvgIpc) is 2.88. The van der Waals surface area contributed by atoms with Crippen molar-refractivity contribution in [2.45, 2.75) is 32.5 Å². The highest BCUT2D eigenvalue weighted by Crippen LogP contribution is 2.33. The van der Waals surface area contributed by atoms with E-state index in [9.17, 15) is 27.5 Å². The zero-order valence-electron chi connectivity index (χ0n) is 21.5. The van der Waals surface area contributed by atoms with E-state index in [0.717, 1.165) is 12.3 Å². The molecule has 1 aromatic carbocycles. The Labute approximate surface area is 222 Å². The smallest absolute Gasteiger partial charge is 0.378 e. The molecule has 0 bridgehead atoms. The lowest BCUT2D eigenvalue weighted by atomic mass is 9.99. The van der Waals surface area contributed by atoms with Crippen molar-refractivity contribution in [3.63, 3.8) is 0 Å². The van der Waals surface area contributed by atoms with Crippen molar-refractivity contribution in [2.75, 3.05) is 36.5 Å². The van der Waals surface area contributed by atoms with Gasteiger partial charge in [-0.1, -0.05) is 5.92 Å². The number of anilines is 2. The molecule has 2 N–H and O–H groups in total. The highest BCUT2D eigenvalue weighted by Gasteiger charge is 2.33. The van der Waals surface area contributed by atoms with Gasteiger partial charge in [0.2, 0.25) is 0 Å². The molecular formula is C28H26F4N4O3. The largest absolute Gasteiger partial charge is 0.433 e. The lowest BCUT2D eigenvalue weighted by Gasteiger charge is -2.29. The summed E-state index contributed by atoms with van der Waals surface area (Å²) in [6, 6.07) is 6.21. The summed E-state index contributed by atoms with van der Waals surface area (Å²) in [6.07, 6.45) is -2.30. The van der Waals surface area contributed by atoms with Crippen molar-refractivity contribution in [2.24, 2.45) is 0 Å². The molecule has 3 aromatic rings. The van der Waals surface area contributed by atoms with E-state index >= 15 is 0 Å². The zero-order chi connectivity index (χ0) is 28.4. The number of nitrogens with zero attached hydrogens (tertiary/aromatic N) is 3. The van der Waals surface area contributed by atoms with Crippen molar-refractivity contribution in [3.05, 3.63) is 71.1 Å². The molecule has 11 heteroatoms. The predicted octanol–water partition coefficient (Wildman–Crippen LogP) is 4.82. The third-order valence-corrected chi connectivity index (χ3v) is 5.89. The fourth-order valence-corrected chi connectivity index (χ4v) is 3.95. The molecule has 7 nitrogen and oxygen atoms in total. The van der Waals surface area contributed by atoms with Crippen LogP contribution in [0.3, 0.4) is 0 Å². The Balaban J connectivity index is 1.71. The van der Waals surface area contributed by atoms with Crippen LogP contribution >= 0.6 is 0 Å². The SMILES string of the molecule is Cc1cc(F)c(NC(=O)c2ccnc(C(F)(F)F)c2)cc1-c1cnc(C#CC(C)(C)O)c(N2CCOCC2)c1. The number of ether oxygens (including phenoxy) is 1. The topological polar surface area (TPSA) is 87.6 Å². The number of aliphatic hydroxyl groups is 1. The highest BCUT2D eigenvalue weighted by molar-refractivity contribution is 6.04. The molecule has 1 aliphatic heterocycles. The maximum Gasteiger partial charge on any atom is 0.433 e. The number of aryl methyl sites for hydroxylation is 1. The highest BCUT2D eigenvalue weighted by atomic mass is 19.4. The Hall–Kier alpha value is -4.01. The van der Waals surface area contributed by atoms with Crippen molar-refractivity contribution < 1.29 is 32.2 Å². The van der Waals surface area contributed by atoms with Gasteiger partial charge >= 0.3 is 6.18 Å². The Morgan fingerprint density at radius 2 is 1.85 bits per heavy atom. The van der Waals surface area contributed by atoms with Gasteiger partial charge in [0.15, 0.2) is 0 Å². The van der Waals surface area contributed by atoms with Gasteiger partial charge in [0.25, 0.3) is 5.91 Å². The molecule has 0 unspecified atom stereocenters. The molecule has 0 spiro atoms. The third-order valence-electron chi connectivity index (χ3n) is 5.89. The zero-order valence-corrected chi connectivity index (χ0v) is 21.5. The van der Waals surface area contributed by atoms with Gasteiger partial charge in [-0.25, -0.2) is 9.37 Å². The quantitative estimate of drug-likeness (QED) is 0.363. The van der Waals surface area contributed by atoms with E-state index in [2.05, 4.69) is 32.0 Å². The number of hydrogen-bond donors (Lipinski definition) is 2. The van der Waals surface area contributed by atoms with E-state index in [1.807, 2.05) is 6.07 Å². The summed E-state index contributed by atoms with van der Waals surface area (Å²) < 4.78 is 59.4. The van der Waals surface area contributed by atoms with E-state index in [0.29, 0.717) is 60.4 Å². The summed E-state index contributed by atoms with van der Waals surface area (Å²) in [5, 5.41) is 12.4. The van der Waals surface area contributed by atoms with Crippen LogP contribution in [0.15, 0.2) is 42.7 Å². The number of halogens is 4. The standard InChI is InChI=1S/C28H26F4N4O3/c1-17-12-21(29)23(35-26(37)18-5-7-33-25(14-18)28(30,31)32)15-20(17)19-13-24(36-8-10-39-11-9-36)22(34-16-19)4-6-27(2,3)38/h5,7,12-16,38H,8-11H2,1-3H3,(H,35,37). The summed E-state index contributed by atoms with van der Waals surface area (Å²) in [5.74, 6) is 4.03. The van der Waals surface area contributed by atoms with E-state index in [-0.39, 0.29) is 11.3 Å². The van der Waals surface area contributed by atoms with Crippen LogP contribution in [0.2, 0.25) is 0 Å². The second-order valence-corrected chi connectivity index (χ2v) is 9.53. The van der Waals surface area contributed by atoms with Gasteiger partial charge in [-0.15, -0.1) is 0 Å². The molecule has 0 aliphatic carbocycles. The number of pyridine rings is 2. The van der Waals surface area contributed by atoms with Crippen LogP contribution < -0.4 is 10.2 Å². The number of carbonyl (C=O) groups is 1. The van der Waals surface area contributed by atoms with Crippen LogP contribution in [0.4, 0.5) is 28.9 Å². The minimum atomic E-state index is -4.73. The number of nitrogens with one attached hydrogen (secondary N) is 1. The van der Waals surface area contributed by atoms with E-state index in [4.69, 9.17) is 4.74 Å². The first-order valence-corrected chi connectivity index (χ1v) is 12.1. The summed E-state index contributed by atoms with van der Waals surface area (Å²) in [7, 11) is 0. The van der Waals surface area contributed by atoms with Gasteiger partial charge in [-0.3, -0.25) is 9.78 Å². The number of aromatic nitrogens is 2. The van der Waals surface area contributed by atoms with Crippen molar-refractivity contribution in [1.29, 1.82) is 0 Å². The first kappa shape index (κ1) is 28.0. The number of carbonyl (C=O) groups excluding carboxylic acids is 1. The maximum absolute atomic E-state index is 14.9. The molecule has 1 aliphatic rings. The number of benzene rings is 1. The molecule has 0 atom stereocenters. The number of alkyl halides is 3. The maximum atomic E-state index is 14.9. The van der Waals surface area contributed by atoms with Gasteiger partial charge in [-0.2, -0.15) is 13.2 Å². The number of hydrogen-bond acceptors (Lipinski definition) is 6. The van der Waals surface area contributed by atoms with Crippen molar-refractivity contribution in [3.8, 4) is 23.0 Å². The summed E-state index contributed by atoms with van der Waals surface area (Å²) >= 11 is 0. The predicted molar refractivity (Wildman–Crippen MR) is 138 cm³/mol. The molecule has 1 amide bonds. The average molecular weight is 543 g/mol. The molecule has 1 saturated heterocycles. The van der Waals surface area contributed by atoms with Gasteiger partial charge < -0.3 is 20.1 Å². The number of amides is 1. The second kappa shape index (κ2) is 11.0. The number of rotatable bonds is 4. The lowest BCUT2D eigenvalue weighted by Crippen LogP contribution is -2.36. The Morgan fingerprint density at radius 1 is 1.13 bits per heavy atom. The molecule has 39 heavy (non-hydrogen) atoms. The minimum absolute atomic E-state index is 0.204. The Morgan fingerprint density at radius 3 is 2.51 bits per heavy atom. The Bertz CT molecular complexity index is 1450. The van der Waals surface area contributed by atoms with Crippen molar-refractivity contribution >= 4 is 17.3 Å². The molecule has 204 valence electrons. The fourth-order valence-electron chi connectivity index (χ4n) is 3.95. The van der Waals surface area contributed by atoms with Gasteiger partial charge in [-0.05, 0) is 68.2 Å². The van der Waals surface area contributed by atoms with Gasteiger partial charge in [0.05, 0.1) is 24.6 Å². The van der Waals surface area contributed by atoms with E-state index in [1.54, 1.807) is 27.0 Å². The van der Waals surface area contributed by atoms with E-state index < -0.39 is 29.2 Å². The summed E-state index contributed by atoms with van der Waals surface area (Å²) in [6.45, 7) is 7.04. The molecule has 3 heterocycles. The molecule has 0 saturated carbocycles. The van der Waals surface area contributed by atoms with Gasteiger partial charge in [0.1, 0.15) is 22.8 Å². The fraction of sp³-hybridized carbons (Fsp3) is 0.321. The number of morpholine rings is 1. The van der Waals surface area contributed by atoms with E-state index in [1.165, 1.54) is 12.1 Å². The first-order valence-electron chi connectivity index (χ1n) is 12.1.